The highest BCUT2D eigenvalue weighted by atomic mass is 32.1. The van der Waals surface area contributed by atoms with E-state index in [2.05, 4.69) is 13.2 Å². The van der Waals surface area contributed by atoms with Gasteiger partial charge in [-0.15, -0.1) is 11.3 Å². The molecule has 7 rings (SSSR count). The van der Waals surface area contributed by atoms with Crippen LogP contribution in [0.3, 0.4) is 0 Å². The number of benzene rings is 4. The summed E-state index contributed by atoms with van der Waals surface area (Å²) >= 11 is 1.34. The zero-order chi connectivity index (χ0) is 52.8. The van der Waals surface area contributed by atoms with E-state index in [1.54, 1.807) is 60.7 Å². The van der Waals surface area contributed by atoms with Gasteiger partial charge in [-0.25, -0.2) is 24.2 Å². The van der Waals surface area contributed by atoms with Crippen molar-refractivity contribution in [3.8, 4) is 33.6 Å². The Kier molecular flexibility index (Phi) is 21.4. The van der Waals surface area contributed by atoms with Gasteiger partial charge in [0, 0.05) is 17.7 Å². The van der Waals surface area contributed by atoms with Gasteiger partial charge in [0.1, 0.15) is 38.9 Å². The van der Waals surface area contributed by atoms with Crippen molar-refractivity contribution >= 4 is 57.4 Å². The van der Waals surface area contributed by atoms with Crippen LogP contribution in [-0.4, -0.2) is 79.4 Å². The molecule has 0 amide bonds. The average molecular weight is 1040 g/mol. The largest absolute Gasteiger partial charge is 0.494 e. The molecule has 2 fully saturated rings. The zero-order valence-corrected chi connectivity index (χ0v) is 43.1. The van der Waals surface area contributed by atoms with Crippen LogP contribution in [0.1, 0.15) is 123 Å². The molecule has 0 saturated heterocycles. The number of rotatable bonds is 27. The number of unbranched alkanes of at least 4 members (excludes halogenated alkanes) is 6. The molecule has 0 aliphatic heterocycles. The minimum absolute atomic E-state index is 0.261. The molecule has 2 aliphatic rings. The van der Waals surface area contributed by atoms with Gasteiger partial charge in [0.15, 0.2) is 11.5 Å². The normalized spacial score (nSPS) is 17.2. The molecule has 16 heteroatoms. The predicted octanol–water partition coefficient (Wildman–Crippen LogP) is 11.9. The first kappa shape index (κ1) is 55.4. The fourth-order valence-electron chi connectivity index (χ4n) is 8.82. The Morgan fingerprint density at radius 2 is 0.933 bits per heavy atom. The van der Waals surface area contributed by atoms with Crippen molar-refractivity contribution in [1.29, 1.82) is 0 Å². The number of carbonyl (C=O) groups is 6. The Morgan fingerprint density at radius 3 is 1.39 bits per heavy atom. The van der Waals surface area contributed by atoms with Crippen LogP contribution >= 0.6 is 11.3 Å². The van der Waals surface area contributed by atoms with Gasteiger partial charge < -0.3 is 37.9 Å². The van der Waals surface area contributed by atoms with Crippen LogP contribution < -0.4 is 18.9 Å². The number of ether oxygens (including phenoxy) is 8. The molecule has 75 heavy (non-hydrogen) atoms. The Morgan fingerprint density at radius 1 is 0.507 bits per heavy atom. The van der Waals surface area contributed by atoms with E-state index in [9.17, 15) is 28.8 Å². The third-order valence-electron chi connectivity index (χ3n) is 13.1. The van der Waals surface area contributed by atoms with Gasteiger partial charge in [0.2, 0.25) is 0 Å². The number of carbonyl (C=O) groups excluding carboxylic acids is 6. The lowest BCUT2D eigenvalue weighted by Gasteiger charge is -2.27. The van der Waals surface area contributed by atoms with Crippen molar-refractivity contribution in [3.05, 3.63) is 127 Å². The fourth-order valence-corrected chi connectivity index (χ4v) is 9.85. The number of nitrogens with zero attached hydrogens (tertiary/aromatic N) is 1. The van der Waals surface area contributed by atoms with Crippen LogP contribution in [0.5, 0.6) is 23.0 Å². The maximum atomic E-state index is 13.7. The molecule has 0 radical (unpaired) electrons. The molecule has 1 aromatic heterocycles. The summed E-state index contributed by atoms with van der Waals surface area (Å²) < 4.78 is 46.0. The standard InChI is InChI=1S/C59H65NO14S/c1-3-51(61)69-38-14-7-5-12-36-67-45-26-18-41(19-27-45)56(63)71-47-30-22-43(23-31-47)58(65)73-49-34-35-50(54-53(49)60-55(75-54)40-16-10-9-11-17-40)74-59(66)44-24-32-48(33-25-44)72-57(64)42-20-28-46(29-21-42)68-37-13-6-8-15-39-70-52(62)4-2/h3-4,9-11,16-21,26-29,34-35,43-44,47-48H,1-2,5-8,12-15,22-25,30-33,36-39H2. The van der Waals surface area contributed by atoms with E-state index in [0.717, 1.165) is 69.1 Å². The van der Waals surface area contributed by atoms with Gasteiger partial charge in [0.25, 0.3) is 0 Å². The lowest BCUT2D eigenvalue weighted by molar-refractivity contribution is -0.141. The molecular weight excluding hydrogens is 979 g/mol. The Hall–Kier alpha value is -7.33. The maximum absolute atomic E-state index is 13.7. The summed E-state index contributed by atoms with van der Waals surface area (Å²) in [6, 6.07) is 26.5. The third-order valence-corrected chi connectivity index (χ3v) is 14.2. The highest BCUT2D eigenvalue weighted by Crippen LogP contribution is 2.42. The maximum Gasteiger partial charge on any atom is 0.338 e. The lowest BCUT2D eigenvalue weighted by Crippen LogP contribution is -2.30. The van der Waals surface area contributed by atoms with Crippen LogP contribution in [0.15, 0.2) is 116 Å². The van der Waals surface area contributed by atoms with E-state index in [-0.39, 0.29) is 18.0 Å². The summed E-state index contributed by atoms with van der Waals surface area (Å²) in [5.41, 5.74) is 2.09. The molecule has 0 N–H and O–H groups in total. The molecule has 1 heterocycles. The van der Waals surface area contributed by atoms with Crippen molar-refractivity contribution < 1.29 is 66.7 Å². The molecule has 0 spiro atoms. The summed E-state index contributed by atoms with van der Waals surface area (Å²) in [4.78, 5) is 80.6. The Labute approximate surface area is 441 Å². The summed E-state index contributed by atoms with van der Waals surface area (Å²) in [6.45, 7) is 8.57. The number of fused-ring (bicyclic) bond motifs is 1. The van der Waals surface area contributed by atoms with Crippen LogP contribution in [-0.2, 0) is 38.1 Å². The Bertz CT molecular complexity index is 2540. The van der Waals surface area contributed by atoms with Crippen LogP contribution in [0.2, 0.25) is 0 Å². The molecule has 0 atom stereocenters. The quantitative estimate of drug-likeness (QED) is 0.0159. The van der Waals surface area contributed by atoms with Gasteiger partial charge in [-0.3, -0.25) is 9.59 Å². The molecule has 5 aromatic rings. The van der Waals surface area contributed by atoms with Crippen LogP contribution in [0, 0.1) is 11.8 Å². The van der Waals surface area contributed by atoms with Crippen LogP contribution in [0.25, 0.3) is 20.8 Å². The Balaban J connectivity index is 0.845. The number of thiazole rings is 1. The molecule has 396 valence electrons. The summed E-state index contributed by atoms with van der Waals surface area (Å²) in [5.74, 6) is -1.44. The van der Waals surface area contributed by atoms with E-state index in [4.69, 9.17) is 42.9 Å². The molecule has 0 bridgehead atoms. The van der Waals surface area contributed by atoms with E-state index in [0.29, 0.717) is 121 Å². The molecule has 0 unspecified atom stereocenters. The van der Waals surface area contributed by atoms with E-state index in [1.807, 2.05) is 30.3 Å². The average Bonchev–Trinajstić information content (AvgIpc) is 3.91. The molecule has 2 saturated carbocycles. The van der Waals surface area contributed by atoms with Gasteiger partial charge in [0.05, 0.1) is 49.4 Å². The SMILES string of the molecule is C=CC(=O)OCCCCCCOc1ccc(C(=O)OC2CCC(C(=O)Oc3ccc(OC(=O)C4CCC(OC(=O)c5ccc(OCCCCCCOC(=O)C=C)cc5)CC4)c4sc(-c5ccccc5)nc34)CC2)cc1. The third kappa shape index (κ3) is 17.1. The predicted molar refractivity (Wildman–Crippen MR) is 282 cm³/mol. The topological polar surface area (TPSA) is 189 Å². The molecule has 4 aromatic carbocycles. The number of aromatic nitrogens is 1. The van der Waals surface area contributed by atoms with E-state index < -0.39 is 47.7 Å². The monoisotopic (exact) mass is 1040 g/mol. The minimum Gasteiger partial charge on any atom is -0.494 e. The minimum atomic E-state index is -0.437. The van der Waals surface area contributed by atoms with Crippen molar-refractivity contribution in [2.24, 2.45) is 11.8 Å². The van der Waals surface area contributed by atoms with Crippen molar-refractivity contribution in [2.75, 3.05) is 26.4 Å². The van der Waals surface area contributed by atoms with Crippen LogP contribution in [0.4, 0.5) is 0 Å². The second kappa shape index (κ2) is 28.9. The van der Waals surface area contributed by atoms with Crippen molar-refractivity contribution in [1.82, 2.24) is 4.98 Å². The van der Waals surface area contributed by atoms with Crippen molar-refractivity contribution in [3.63, 3.8) is 0 Å². The van der Waals surface area contributed by atoms with E-state index in [1.165, 1.54) is 11.3 Å². The first-order valence-corrected chi connectivity index (χ1v) is 26.8. The number of esters is 6. The second-order valence-electron chi connectivity index (χ2n) is 18.5. The van der Waals surface area contributed by atoms with Gasteiger partial charge >= 0.3 is 35.8 Å². The summed E-state index contributed by atoms with van der Waals surface area (Å²) in [6.07, 6.45) is 12.5. The summed E-state index contributed by atoms with van der Waals surface area (Å²) in [7, 11) is 0. The summed E-state index contributed by atoms with van der Waals surface area (Å²) in [5, 5.41) is 0.670. The zero-order valence-electron chi connectivity index (χ0n) is 42.3. The molecule has 2 aliphatic carbocycles. The van der Waals surface area contributed by atoms with E-state index >= 15 is 0 Å². The lowest BCUT2D eigenvalue weighted by atomic mass is 9.87. The number of hydrogen-bond donors (Lipinski definition) is 0. The number of hydrogen-bond acceptors (Lipinski definition) is 16. The molecular formula is C59H65NO14S. The van der Waals surface area contributed by atoms with Crippen molar-refractivity contribution in [2.45, 2.75) is 115 Å². The first-order valence-electron chi connectivity index (χ1n) is 25.9. The second-order valence-corrected chi connectivity index (χ2v) is 19.5. The van der Waals surface area contributed by atoms with Gasteiger partial charge in [-0.1, -0.05) is 43.5 Å². The van der Waals surface area contributed by atoms with Gasteiger partial charge in [-0.05, 0) is 163 Å². The highest BCUT2D eigenvalue weighted by Gasteiger charge is 2.33. The first-order chi connectivity index (χ1) is 36.6. The highest BCUT2D eigenvalue weighted by molar-refractivity contribution is 7.22. The smallest absolute Gasteiger partial charge is 0.338 e. The van der Waals surface area contributed by atoms with Gasteiger partial charge in [-0.2, -0.15) is 0 Å². The molecule has 15 nitrogen and oxygen atoms in total. The fraction of sp³-hybridized carbons (Fsp3) is 0.407.